The number of aromatic nitrogens is 2. The first-order valence-corrected chi connectivity index (χ1v) is 3.29. The van der Waals surface area contributed by atoms with Crippen molar-refractivity contribution in [1.82, 2.24) is 9.97 Å². The molecule has 54 valence electrons. The Balaban J connectivity index is 3.17. The summed E-state index contributed by atoms with van der Waals surface area (Å²) in [7, 11) is 0. The van der Waals surface area contributed by atoms with Gasteiger partial charge >= 0.3 is 0 Å². The number of rotatable bonds is 1. The van der Waals surface area contributed by atoms with E-state index in [1.165, 1.54) is 0 Å². The van der Waals surface area contributed by atoms with Crippen LogP contribution in [0.3, 0.4) is 0 Å². The number of hydrogen-bond acceptors (Lipinski definition) is 2. The van der Waals surface area contributed by atoms with E-state index in [2.05, 4.69) is 9.97 Å². The topological polar surface area (TPSA) is 45.8 Å². The number of H-pyrrole nitrogens is 1. The van der Waals surface area contributed by atoms with Crippen molar-refractivity contribution in [3.05, 3.63) is 27.9 Å². The third-order valence-corrected chi connectivity index (χ3v) is 1.36. The SMILES string of the molecule is CCc1ncc(C)c(=O)[nH]1. The van der Waals surface area contributed by atoms with Crippen LogP contribution in [0.25, 0.3) is 0 Å². The van der Waals surface area contributed by atoms with Gasteiger partial charge in [-0.3, -0.25) is 4.79 Å². The maximum atomic E-state index is 10.9. The number of aromatic amines is 1. The first-order chi connectivity index (χ1) is 4.74. The molecule has 0 aliphatic carbocycles. The van der Waals surface area contributed by atoms with Crippen LogP contribution in [0, 0.1) is 6.92 Å². The monoisotopic (exact) mass is 138 g/mol. The zero-order valence-corrected chi connectivity index (χ0v) is 6.14. The molecule has 1 rings (SSSR count). The molecule has 0 fully saturated rings. The normalized spacial score (nSPS) is 9.80. The van der Waals surface area contributed by atoms with Crippen molar-refractivity contribution in [2.75, 3.05) is 0 Å². The molecule has 0 aliphatic heterocycles. The second-order valence-corrected chi connectivity index (χ2v) is 2.20. The molecular formula is C7H10N2O. The molecule has 1 aromatic rings. The van der Waals surface area contributed by atoms with Gasteiger partial charge in [-0.15, -0.1) is 0 Å². The van der Waals surface area contributed by atoms with Gasteiger partial charge in [0.2, 0.25) is 0 Å². The Kier molecular flexibility index (Phi) is 1.85. The summed E-state index contributed by atoms with van der Waals surface area (Å²) in [6, 6.07) is 0. The molecule has 1 heterocycles. The Morgan fingerprint density at radius 1 is 1.70 bits per heavy atom. The lowest BCUT2D eigenvalue weighted by atomic mass is 10.3. The predicted molar refractivity (Wildman–Crippen MR) is 39.0 cm³/mol. The molecule has 0 atom stereocenters. The summed E-state index contributed by atoms with van der Waals surface area (Å²) in [4.78, 5) is 17.6. The molecule has 0 saturated heterocycles. The van der Waals surface area contributed by atoms with Crippen LogP contribution in [0.2, 0.25) is 0 Å². The fraction of sp³-hybridized carbons (Fsp3) is 0.429. The standard InChI is InChI=1S/C7H10N2O/c1-3-6-8-4-5(2)7(10)9-6/h4H,3H2,1-2H3,(H,8,9,10). The zero-order valence-electron chi connectivity index (χ0n) is 6.14. The van der Waals surface area contributed by atoms with Crippen LogP contribution in [-0.2, 0) is 6.42 Å². The van der Waals surface area contributed by atoms with Crippen molar-refractivity contribution in [2.24, 2.45) is 0 Å². The summed E-state index contributed by atoms with van der Waals surface area (Å²) in [5.74, 6) is 0.746. The third-order valence-electron chi connectivity index (χ3n) is 1.36. The second-order valence-electron chi connectivity index (χ2n) is 2.20. The summed E-state index contributed by atoms with van der Waals surface area (Å²) in [5, 5.41) is 0. The van der Waals surface area contributed by atoms with Crippen molar-refractivity contribution in [2.45, 2.75) is 20.3 Å². The molecular weight excluding hydrogens is 128 g/mol. The zero-order chi connectivity index (χ0) is 7.56. The lowest BCUT2D eigenvalue weighted by Gasteiger charge is -1.94. The van der Waals surface area contributed by atoms with E-state index in [4.69, 9.17) is 0 Å². The average Bonchev–Trinajstić information content (AvgIpc) is 1.95. The summed E-state index contributed by atoms with van der Waals surface area (Å²) < 4.78 is 0. The van der Waals surface area contributed by atoms with Crippen LogP contribution in [0.1, 0.15) is 18.3 Å². The van der Waals surface area contributed by atoms with E-state index in [1.807, 2.05) is 6.92 Å². The van der Waals surface area contributed by atoms with Gasteiger partial charge in [0.25, 0.3) is 5.56 Å². The number of nitrogens with one attached hydrogen (secondary N) is 1. The van der Waals surface area contributed by atoms with E-state index in [1.54, 1.807) is 13.1 Å². The molecule has 0 unspecified atom stereocenters. The van der Waals surface area contributed by atoms with Gasteiger partial charge in [0.15, 0.2) is 0 Å². The van der Waals surface area contributed by atoms with E-state index >= 15 is 0 Å². The average molecular weight is 138 g/mol. The van der Waals surface area contributed by atoms with E-state index < -0.39 is 0 Å². The van der Waals surface area contributed by atoms with Crippen LogP contribution in [0.15, 0.2) is 11.0 Å². The molecule has 0 saturated carbocycles. The lowest BCUT2D eigenvalue weighted by Crippen LogP contribution is -2.12. The van der Waals surface area contributed by atoms with Crippen LogP contribution in [0.4, 0.5) is 0 Å². The Bertz CT molecular complexity index is 277. The summed E-state index contributed by atoms with van der Waals surface area (Å²) in [6.07, 6.45) is 2.37. The first kappa shape index (κ1) is 6.99. The van der Waals surface area contributed by atoms with Gasteiger partial charge in [-0.1, -0.05) is 6.92 Å². The van der Waals surface area contributed by atoms with Crippen molar-refractivity contribution in [3.8, 4) is 0 Å². The molecule has 0 radical (unpaired) electrons. The predicted octanol–water partition coefficient (Wildman–Crippen LogP) is 0.641. The van der Waals surface area contributed by atoms with Gasteiger partial charge in [-0.25, -0.2) is 4.98 Å². The molecule has 1 aromatic heterocycles. The van der Waals surface area contributed by atoms with Gasteiger partial charge in [0.1, 0.15) is 5.82 Å². The molecule has 0 spiro atoms. The highest BCUT2D eigenvalue weighted by atomic mass is 16.1. The molecule has 10 heavy (non-hydrogen) atoms. The van der Waals surface area contributed by atoms with E-state index in [0.29, 0.717) is 5.56 Å². The molecule has 3 nitrogen and oxygen atoms in total. The number of aryl methyl sites for hydroxylation is 2. The minimum atomic E-state index is -0.0353. The highest BCUT2D eigenvalue weighted by Gasteiger charge is 1.93. The van der Waals surface area contributed by atoms with Crippen LogP contribution < -0.4 is 5.56 Å². The summed E-state index contributed by atoms with van der Waals surface area (Å²) >= 11 is 0. The Morgan fingerprint density at radius 2 is 2.40 bits per heavy atom. The number of hydrogen-bond donors (Lipinski definition) is 1. The molecule has 0 amide bonds. The minimum Gasteiger partial charge on any atom is -0.310 e. The van der Waals surface area contributed by atoms with Crippen molar-refractivity contribution >= 4 is 0 Å². The maximum Gasteiger partial charge on any atom is 0.253 e. The minimum absolute atomic E-state index is 0.0353. The molecule has 3 heteroatoms. The number of nitrogens with zero attached hydrogens (tertiary/aromatic N) is 1. The Hall–Kier alpha value is -1.12. The van der Waals surface area contributed by atoms with Gasteiger partial charge < -0.3 is 4.98 Å². The molecule has 1 N–H and O–H groups in total. The highest BCUT2D eigenvalue weighted by molar-refractivity contribution is 5.02. The van der Waals surface area contributed by atoms with Crippen molar-refractivity contribution in [3.63, 3.8) is 0 Å². The second kappa shape index (κ2) is 2.64. The summed E-state index contributed by atoms with van der Waals surface area (Å²) in [6.45, 7) is 3.69. The first-order valence-electron chi connectivity index (χ1n) is 3.29. The van der Waals surface area contributed by atoms with Crippen LogP contribution in [0.5, 0.6) is 0 Å². The van der Waals surface area contributed by atoms with Crippen molar-refractivity contribution < 1.29 is 0 Å². The fourth-order valence-corrected chi connectivity index (χ4v) is 0.675. The summed E-state index contributed by atoms with van der Waals surface area (Å²) in [5.41, 5.74) is 0.629. The molecule has 0 bridgehead atoms. The van der Waals surface area contributed by atoms with Gasteiger partial charge in [0.05, 0.1) is 0 Å². The molecule has 0 aromatic carbocycles. The van der Waals surface area contributed by atoms with Crippen LogP contribution in [-0.4, -0.2) is 9.97 Å². The largest absolute Gasteiger partial charge is 0.310 e. The van der Waals surface area contributed by atoms with E-state index in [-0.39, 0.29) is 5.56 Å². The van der Waals surface area contributed by atoms with Crippen molar-refractivity contribution in [1.29, 1.82) is 0 Å². The fourth-order valence-electron chi connectivity index (χ4n) is 0.675. The Morgan fingerprint density at radius 3 is 2.90 bits per heavy atom. The maximum absolute atomic E-state index is 10.9. The highest BCUT2D eigenvalue weighted by Crippen LogP contribution is 1.86. The van der Waals surface area contributed by atoms with Gasteiger partial charge in [0, 0.05) is 18.2 Å². The van der Waals surface area contributed by atoms with E-state index in [9.17, 15) is 4.79 Å². The van der Waals surface area contributed by atoms with Crippen LogP contribution >= 0.6 is 0 Å². The molecule has 0 aliphatic rings. The quantitative estimate of drug-likeness (QED) is 0.619. The third kappa shape index (κ3) is 1.23. The van der Waals surface area contributed by atoms with E-state index in [0.717, 1.165) is 12.2 Å². The Labute approximate surface area is 59.1 Å². The lowest BCUT2D eigenvalue weighted by molar-refractivity contribution is 0.907. The smallest absolute Gasteiger partial charge is 0.253 e. The van der Waals surface area contributed by atoms with Gasteiger partial charge in [-0.05, 0) is 6.92 Å². The van der Waals surface area contributed by atoms with Gasteiger partial charge in [-0.2, -0.15) is 0 Å².